The molecule has 156 valence electrons. The van der Waals surface area contributed by atoms with Gasteiger partial charge in [-0.1, -0.05) is 11.6 Å². The maximum Gasteiger partial charge on any atom is 0.305 e. The van der Waals surface area contributed by atoms with E-state index in [1.54, 1.807) is 44.2 Å². The summed E-state index contributed by atoms with van der Waals surface area (Å²) in [4.78, 5) is 36.5. The highest BCUT2D eigenvalue weighted by atomic mass is 35.5. The average molecular weight is 429 g/mol. The number of aromatic hydroxyl groups is 1. The Morgan fingerprint density at radius 1 is 1.13 bits per heavy atom. The zero-order valence-electron chi connectivity index (χ0n) is 16.5. The fraction of sp³-hybridized carbons (Fsp3) is 0.227. The molecule has 0 radical (unpaired) electrons. The van der Waals surface area contributed by atoms with Gasteiger partial charge in [0.2, 0.25) is 5.91 Å². The van der Waals surface area contributed by atoms with E-state index in [0.717, 1.165) is 0 Å². The van der Waals surface area contributed by atoms with Gasteiger partial charge in [-0.25, -0.2) is 0 Å². The number of carbonyl (C=O) groups is 3. The molecule has 3 N–H and O–H groups in total. The van der Waals surface area contributed by atoms with Crippen molar-refractivity contribution in [1.82, 2.24) is 9.88 Å². The molecule has 0 spiro atoms. The van der Waals surface area contributed by atoms with Crippen molar-refractivity contribution >= 4 is 40.3 Å². The summed E-state index contributed by atoms with van der Waals surface area (Å²) in [6.07, 6.45) is -0.185. The fourth-order valence-electron chi connectivity index (χ4n) is 3.54. The molecular formula is C22H21ClN2O5. The number of phenols is 1. The van der Waals surface area contributed by atoms with Gasteiger partial charge in [0.05, 0.1) is 17.9 Å². The molecule has 0 bridgehead atoms. The highest BCUT2D eigenvalue weighted by Gasteiger charge is 2.26. The summed E-state index contributed by atoms with van der Waals surface area (Å²) < 4.78 is 1.51. The van der Waals surface area contributed by atoms with Crippen LogP contribution in [0.2, 0.25) is 5.02 Å². The third kappa shape index (κ3) is 4.16. The van der Waals surface area contributed by atoms with Gasteiger partial charge in [-0.05, 0) is 61.9 Å². The number of rotatable bonds is 6. The number of hydrogen-bond donors (Lipinski definition) is 3. The number of benzene rings is 2. The molecule has 0 saturated heterocycles. The lowest BCUT2D eigenvalue weighted by atomic mass is 9.97. The van der Waals surface area contributed by atoms with Gasteiger partial charge < -0.3 is 15.5 Å². The van der Waals surface area contributed by atoms with Crippen LogP contribution in [0.5, 0.6) is 5.75 Å². The van der Waals surface area contributed by atoms with Crippen molar-refractivity contribution in [2.24, 2.45) is 0 Å². The molecule has 3 rings (SSSR count). The lowest BCUT2D eigenvalue weighted by Gasteiger charge is -2.13. The number of hydrogen-bond acceptors (Lipinski definition) is 4. The average Bonchev–Trinajstić information content (AvgIpc) is 2.98. The van der Waals surface area contributed by atoms with Crippen molar-refractivity contribution in [1.29, 1.82) is 0 Å². The van der Waals surface area contributed by atoms with Crippen molar-refractivity contribution < 1.29 is 24.6 Å². The number of nitrogens with zero attached hydrogens (tertiary/aromatic N) is 1. The van der Waals surface area contributed by atoms with Gasteiger partial charge in [-0.2, -0.15) is 0 Å². The maximum atomic E-state index is 13.2. The molecule has 0 unspecified atom stereocenters. The van der Waals surface area contributed by atoms with Crippen LogP contribution in [0.4, 0.5) is 0 Å². The van der Waals surface area contributed by atoms with Crippen LogP contribution in [0.3, 0.4) is 0 Å². The van der Waals surface area contributed by atoms with E-state index in [4.69, 9.17) is 16.7 Å². The minimum Gasteiger partial charge on any atom is -0.508 e. The summed E-state index contributed by atoms with van der Waals surface area (Å²) in [7, 11) is 0. The van der Waals surface area contributed by atoms with Crippen LogP contribution in [0, 0.1) is 6.92 Å². The molecule has 1 atom stereocenters. The number of aliphatic carboxylic acids is 1. The Kier molecular flexibility index (Phi) is 6.12. The van der Waals surface area contributed by atoms with E-state index in [0.29, 0.717) is 32.7 Å². The third-order valence-electron chi connectivity index (χ3n) is 5.00. The van der Waals surface area contributed by atoms with Gasteiger partial charge in [0.1, 0.15) is 5.75 Å². The van der Waals surface area contributed by atoms with E-state index in [9.17, 15) is 19.5 Å². The van der Waals surface area contributed by atoms with E-state index in [2.05, 4.69) is 5.32 Å². The summed E-state index contributed by atoms with van der Waals surface area (Å²) >= 11 is 5.92. The van der Waals surface area contributed by atoms with Crippen LogP contribution >= 0.6 is 11.6 Å². The fourth-order valence-corrected chi connectivity index (χ4v) is 3.66. The minimum absolute atomic E-state index is 0.00511. The Balaban J connectivity index is 2.07. The highest BCUT2D eigenvalue weighted by Crippen LogP contribution is 2.34. The minimum atomic E-state index is -1.01. The molecule has 1 aromatic heterocycles. The van der Waals surface area contributed by atoms with E-state index >= 15 is 0 Å². The number of amides is 1. The number of nitrogens with one attached hydrogen (secondary N) is 1. The molecule has 1 heterocycles. The maximum absolute atomic E-state index is 13.2. The Morgan fingerprint density at radius 2 is 1.80 bits per heavy atom. The monoisotopic (exact) mass is 428 g/mol. The lowest BCUT2D eigenvalue weighted by Crippen LogP contribution is -2.30. The molecule has 2 aromatic carbocycles. The summed E-state index contributed by atoms with van der Waals surface area (Å²) in [6, 6.07) is 11.1. The zero-order chi connectivity index (χ0) is 22.0. The first-order chi connectivity index (χ1) is 14.2. The number of carbonyl (C=O) groups excluding carboxylic acids is 2. The molecular weight excluding hydrogens is 408 g/mol. The Labute approximate surface area is 177 Å². The SMILES string of the molecule is Cc1c([C@@H](C)C(=O)NCCC(=O)O)c2cc(O)ccc2n1C(=O)c1ccc(Cl)cc1. The van der Waals surface area contributed by atoms with Crippen molar-refractivity contribution in [3.05, 3.63) is 64.3 Å². The second kappa shape index (κ2) is 8.59. The van der Waals surface area contributed by atoms with Crippen molar-refractivity contribution in [3.63, 3.8) is 0 Å². The normalized spacial score (nSPS) is 12.0. The number of phenolic OH excluding ortho intramolecular Hbond substituents is 1. The van der Waals surface area contributed by atoms with E-state index in [1.165, 1.54) is 16.7 Å². The number of carboxylic acid groups (broad SMARTS) is 1. The largest absolute Gasteiger partial charge is 0.508 e. The molecule has 3 aromatic rings. The van der Waals surface area contributed by atoms with Gasteiger partial charge in [-0.3, -0.25) is 19.0 Å². The standard InChI is InChI=1S/C22H21ClN2O5/c1-12(21(29)24-10-9-19(27)28)20-13(2)25(18-8-7-16(26)11-17(18)20)22(30)14-3-5-15(23)6-4-14/h3-8,11-12,26H,9-10H2,1-2H3,(H,24,29)(H,27,28)/t12-/m1/s1. The molecule has 0 fully saturated rings. The van der Waals surface area contributed by atoms with Gasteiger partial charge in [0.15, 0.2) is 0 Å². The van der Waals surface area contributed by atoms with Crippen molar-refractivity contribution in [3.8, 4) is 5.75 Å². The first kappa shape index (κ1) is 21.4. The molecule has 0 aliphatic rings. The number of aromatic nitrogens is 1. The number of halogens is 1. The van der Waals surface area contributed by atoms with Gasteiger partial charge in [-0.15, -0.1) is 0 Å². The third-order valence-corrected chi connectivity index (χ3v) is 5.25. The highest BCUT2D eigenvalue weighted by molar-refractivity contribution is 6.30. The van der Waals surface area contributed by atoms with E-state index < -0.39 is 11.9 Å². The molecule has 30 heavy (non-hydrogen) atoms. The molecule has 0 aliphatic heterocycles. The summed E-state index contributed by atoms with van der Waals surface area (Å²) in [5, 5.41) is 22.4. The first-order valence-corrected chi connectivity index (χ1v) is 9.72. The summed E-state index contributed by atoms with van der Waals surface area (Å²) in [6.45, 7) is 3.42. The van der Waals surface area contributed by atoms with Crippen LogP contribution in [-0.4, -0.2) is 39.1 Å². The second-order valence-corrected chi connectivity index (χ2v) is 7.44. The van der Waals surface area contributed by atoms with Gasteiger partial charge in [0.25, 0.3) is 5.91 Å². The first-order valence-electron chi connectivity index (χ1n) is 9.34. The van der Waals surface area contributed by atoms with Crippen LogP contribution < -0.4 is 5.32 Å². The Hall–Kier alpha value is -3.32. The smallest absolute Gasteiger partial charge is 0.305 e. The number of fused-ring (bicyclic) bond motifs is 1. The quantitative estimate of drug-likeness (QED) is 0.554. The van der Waals surface area contributed by atoms with E-state index in [1.807, 2.05) is 0 Å². The van der Waals surface area contributed by atoms with Crippen LogP contribution in [0.1, 0.15) is 40.9 Å². The van der Waals surface area contributed by atoms with Crippen LogP contribution in [0.15, 0.2) is 42.5 Å². The van der Waals surface area contributed by atoms with E-state index in [-0.39, 0.29) is 30.5 Å². The molecule has 8 heteroatoms. The topological polar surface area (TPSA) is 109 Å². The van der Waals surface area contributed by atoms with Gasteiger partial charge in [0, 0.05) is 28.2 Å². The molecule has 1 amide bonds. The zero-order valence-corrected chi connectivity index (χ0v) is 17.2. The summed E-state index contributed by atoms with van der Waals surface area (Å²) in [5.74, 6) is -2.31. The summed E-state index contributed by atoms with van der Waals surface area (Å²) in [5.41, 5.74) is 2.15. The Morgan fingerprint density at radius 3 is 2.43 bits per heavy atom. The van der Waals surface area contributed by atoms with Crippen LogP contribution in [-0.2, 0) is 9.59 Å². The van der Waals surface area contributed by atoms with Crippen LogP contribution in [0.25, 0.3) is 10.9 Å². The predicted octanol–water partition coefficient (Wildman–Crippen LogP) is 3.69. The Bertz CT molecular complexity index is 1130. The molecule has 0 saturated carbocycles. The predicted molar refractivity (Wildman–Crippen MR) is 113 cm³/mol. The lowest BCUT2D eigenvalue weighted by molar-refractivity contribution is -0.136. The number of carboxylic acids is 1. The second-order valence-electron chi connectivity index (χ2n) is 7.00. The van der Waals surface area contributed by atoms with Gasteiger partial charge >= 0.3 is 5.97 Å². The van der Waals surface area contributed by atoms with Crippen molar-refractivity contribution in [2.45, 2.75) is 26.2 Å². The van der Waals surface area contributed by atoms with Crippen molar-refractivity contribution in [2.75, 3.05) is 6.54 Å². The molecule has 7 nitrogen and oxygen atoms in total. The molecule has 0 aliphatic carbocycles.